The van der Waals surface area contributed by atoms with Gasteiger partial charge in [-0.05, 0) is 38.1 Å². The summed E-state index contributed by atoms with van der Waals surface area (Å²) in [6.07, 6.45) is 0. The lowest BCUT2D eigenvalue weighted by Crippen LogP contribution is -2.41. The van der Waals surface area contributed by atoms with Gasteiger partial charge in [0, 0.05) is 16.2 Å². The molecule has 0 saturated carbocycles. The van der Waals surface area contributed by atoms with Gasteiger partial charge in [0.25, 0.3) is 0 Å². The third-order valence-electron chi connectivity index (χ3n) is 2.54. The smallest absolute Gasteiger partial charge is 0.317 e. The zero-order chi connectivity index (χ0) is 14.4. The van der Waals surface area contributed by atoms with Gasteiger partial charge in [-0.25, -0.2) is 0 Å². The van der Waals surface area contributed by atoms with Gasteiger partial charge in [-0.2, -0.15) is 0 Å². The van der Waals surface area contributed by atoms with E-state index in [1.165, 1.54) is 0 Å². The predicted molar refractivity (Wildman–Crippen MR) is 77.1 cm³/mol. The molecule has 6 heteroatoms. The lowest BCUT2D eigenvalue weighted by Gasteiger charge is -2.23. The van der Waals surface area contributed by atoms with Crippen LogP contribution in [-0.2, 0) is 9.59 Å². The standard InChI is InChI=1S/C13H17BrN2O3/c1-9(2)16(8-13(18)19)7-12(17)15-11-5-3-10(14)4-6-11/h3-6,9H,7-8H2,1-2H3,(H,15,17)(H,18,19). The Morgan fingerprint density at radius 1 is 1.26 bits per heavy atom. The van der Waals surface area contributed by atoms with Crippen LogP contribution in [0.1, 0.15) is 13.8 Å². The first kappa shape index (κ1) is 15.7. The first-order valence-corrected chi connectivity index (χ1v) is 6.69. The van der Waals surface area contributed by atoms with Gasteiger partial charge in [-0.15, -0.1) is 0 Å². The predicted octanol–water partition coefficient (Wildman–Crippen LogP) is 2.18. The van der Waals surface area contributed by atoms with Crippen molar-refractivity contribution in [1.82, 2.24) is 4.90 Å². The van der Waals surface area contributed by atoms with E-state index in [4.69, 9.17) is 5.11 Å². The van der Waals surface area contributed by atoms with Crippen LogP contribution in [0.2, 0.25) is 0 Å². The second-order valence-corrected chi connectivity index (χ2v) is 5.36. The van der Waals surface area contributed by atoms with Crippen LogP contribution in [0.15, 0.2) is 28.7 Å². The number of benzene rings is 1. The number of nitrogens with one attached hydrogen (secondary N) is 1. The Morgan fingerprint density at radius 2 is 1.84 bits per heavy atom. The Balaban J connectivity index is 2.57. The van der Waals surface area contributed by atoms with E-state index in [1.807, 2.05) is 26.0 Å². The normalized spacial score (nSPS) is 10.8. The number of halogens is 1. The summed E-state index contributed by atoms with van der Waals surface area (Å²) in [7, 11) is 0. The highest BCUT2D eigenvalue weighted by Gasteiger charge is 2.16. The van der Waals surface area contributed by atoms with Gasteiger partial charge < -0.3 is 10.4 Å². The van der Waals surface area contributed by atoms with Crippen LogP contribution in [-0.4, -0.2) is 41.0 Å². The van der Waals surface area contributed by atoms with E-state index >= 15 is 0 Å². The molecule has 0 aliphatic carbocycles. The van der Waals surface area contributed by atoms with Crippen LogP contribution in [0, 0.1) is 0 Å². The van der Waals surface area contributed by atoms with Crippen molar-refractivity contribution in [2.24, 2.45) is 0 Å². The number of aliphatic carboxylic acids is 1. The zero-order valence-electron chi connectivity index (χ0n) is 10.9. The molecule has 1 rings (SSSR count). The fourth-order valence-electron chi connectivity index (χ4n) is 1.51. The number of carbonyl (C=O) groups is 2. The van der Waals surface area contributed by atoms with Crippen LogP contribution in [0.4, 0.5) is 5.69 Å². The summed E-state index contributed by atoms with van der Waals surface area (Å²) in [5.74, 6) is -1.16. The highest BCUT2D eigenvalue weighted by atomic mass is 79.9. The first-order chi connectivity index (χ1) is 8.88. The quantitative estimate of drug-likeness (QED) is 0.839. The molecule has 0 saturated heterocycles. The molecule has 5 nitrogen and oxygen atoms in total. The topological polar surface area (TPSA) is 69.6 Å². The minimum atomic E-state index is -0.940. The van der Waals surface area contributed by atoms with E-state index in [0.29, 0.717) is 5.69 Å². The summed E-state index contributed by atoms with van der Waals surface area (Å²) in [6, 6.07) is 7.20. The molecular formula is C13H17BrN2O3. The van der Waals surface area contributed by atoms with Crippen LogP contribution < -0.4 is 5.32 Å². The molecule has 104 valence electrons. The summed E-state index contributed by atoms with van der Waals surface area (Å²) in [6.45, 7) is 3.62. The molecule has 0 spiro atoms. The van der Waals surface area contributed by atoms with Gasteiger partial charge in [0.2, 0.25) is 5.91 Å². The molecule has 0 unspecified atom stereocenters. The maximum atomic E-state index is 11.8. The van der Waals surface area contributed by atoms with Crippen molar-refractivity contribution in [1.29, 1.82) is 0 Å². The molecule has 0 aliphatic rings. The fourth-order valence-corrected chi connectivity index (χ4v) is 1.78. The van der Waals surface area contributed by atoms with Crippen molar-refractivity contribution in [2.75, 3.05) is 18.4 Å². The van der Waals surface area contributed by atoms with Crippen LogP contribution >= 0.6 is 15.9 Å². The molecule has 0 radical (unpaired) electrons. The Hall–Kier alpha value is -1.40. The van der Waals surface area contributed by atoms with Crippen molar-refractivity contribution in [2.45, 2.75) is 19.9 Å². The number of nitrogens with zero attached hydrogens (tertiary/aromatic N) is 1. The van der Waals surface area contributed by atoms with Crippen molar-refractivity contribution in [3.63, 3.8) is 0 Å². The fraction of sp³-hybridized carbons (Fsp3) is 0.385. The Labute approximate surface area is 120 Å². The summed E-state index contributed by atoms with van der Waals surface area (Å²) >= 11 is 3.31. The molecule has 2 N–H and O–H groups in total. The molecule has 1 aromatic rings. The Kier molecular flexibility index (Phi) is 5.98. The van der Waals surface area contributed by atoms with Crippen LogP contribution in [0.5, 0.6) is 0 Å². The summed E-state index contributed by atoms with van der Waals surface area (Å²) in [5.41, 5.74) is 0.687. The molecule has 0 heterocycles. The maximum absolute atomic E-state index is 11.8. The second-order valence-electron chi connectivity index (χ2n) is 4.45. The van der Waals surface area contributed by atoms with E-state index in [-0.39, 0.29) is 25.0 Å². The van der Waals surface area contributed by atoms with Crippen LogP contribution in [0.25, 0.3) is 0 Å². The van der Waals surface area contributed by atoms with Crippen molar-refractivity contribution < 1.29 is 14.7 Å². The number of carboxylic acid groups (broad SMARTS) is 1. The van der Waals surface area contributed by atoms with Gasteiger partial charge in [-0.3, -0.25) is 14.5 Å². The van der Waals surface area contributed by atoms with Gasteiger partial charge >= 0.3 is 5.97 Å². The van der Waals surface area contributed by atoms with E-state index in [0.717, 1.165) is 4.47 Å². The van der Waals surface area contributed by atoms with Crippen molar-refractivity contribution in [3.05, 3.63) is 28.7 Å². The van der Waals surface area contributed by atoms with Gasteiger partial charge in [0.15, 0.2) is 0 Å². The number of hydrogen-bond acceptors (Lipinski definition) is 3. The van der Waals surface area contributed by atoms with Gasteiger partial charge in [0.1, 0.15) is 0 Å². The second kappa shape index (κ2) is 7.25. The third kappa shape index (κ3) is 5.85. The van der Waals surface area contributed by atoms with E-state index in [2.05, 4.69) is 21.2 Å². The summed E-state index contributed by atoms with van der Waals surface area (Å²) < 4.78 is 0.931. The lowest BCUT2D eigenvalue weighted by molar-refractivity contribution is -0.139. The molecule has 0 atom stereocenters. The molecule has 0 aromatic heterocycles. The molecule has 19 heavy (non-hydrogen) atoms. The van der Waals surface area contributed by atoms with E-state index in [1.54, 1.807) is 17.0 Å². The number of hydrogen-bond donors (Lipinski definition) is 2. The number of anilines is 1. The van der Waals surface area contributed by atoms with E-state index < -0.39 is 5.97 Å². The highest BCUT2D eigenvalue weighted by molar-refractivity contribution is 9.10. The molecule has 0 fully saturated rings. The number of rotatable bonds is 6. The number of carbonyl (C=O) groups excluding carboxylic acids is 1. The zero-order valence-corrected chi connectivity index (χ0v) is 12.5. The lowest BCUT2D eigenvalue weighted by atomic mass is 10.3. The average Bonchev–Trinajstić information content (AvgIpc) is 2.30. The largest absolute Gasteiger partial charge is 0.480 e. The summed E-state index contributed by atoms with van der Waals surface area (Å²) in [5, 5.41) is 11.5. The Morgan fingerprint density at radius 3 is 2.32 bits per heavy atom. The minimum absolute atomic E-state index is 0.00762. The van der Waals surface area contributed by atoms with Crippen LogP contribution in [0.3, 0.4) is 0 Å². The monoisotopic (exact) mass is 328 g/mol. The van der Waals surface area contributed by atoms with Gasteiger partial charge in [0.05, 0.1) is 13.1 Å². The minimum Gasteiger partial charge on any atom is -0.480 e. The maximum Gasteiger partial charge on any atom is 0.317 e. The average molecular weight is 329 g/mol. The molecule has 1 aromatic carbocycles. The van der Waals surface area contributed by atoms with Gasteiger partial charge in [-0.1, -0.05) is 15.9 Å². The first-order valence-electron chi connectivity index (χ1n) is 5.89. The molecule has 1 amide bonds. The highest BCUT2D eigenvalue weighted by Crippen LogP contribution is 2.14. The summed E-state index contributed by atoms with van der Waals surface area (Å²) in [4.78, 5) is 24.1. The van der Waals surface area contributed by atoms with E-state index in [9.17, 15) is 9.59 Å². The third-order valence-corrected chi connectivity index (χ3v) is 3.07. The van der Waals surface area contributed by atoms with Crippen molar-refractivity contribution >= 4 is 33.5 Å². The van der Waals surface area contributed by atoms with Crippen molar-refractivity contribution in [3.8, 4) is 0 Å². The Bertz CT molecular complexity index is 446. The number of amides is 1. The molecule has 0 aliphatic heterocycles. The molecular weight excluding hydrogens is 312 g/mol. The number of carboxylic acids is 1. The SMILES string of the molecule is CC(C)N(CC(=O)O)CC(=O)Nc1ccc(Br)cc1. The molecule has 0 bridgehead atoms.